The second-order valence-electron chi connectivity index (χ2n) is 15.7. The smallest absolute Gasteiger partial charge is 0.132 e. The highest BCUT2D eigenvalue weighted by molar-refractivity contribution is 5.98. The molecule has 0 bridgehead atoms. The van der Waals surface area contributed by atoms with Gasteiger partial charge in [0, 0.05) is 23.4 Å². The lowest BCUT2D eigenvalue weighted by molar-refractivity contribution is 0.436. The van der Waals surface area contributed by atoms with Gasteiger partial charge in [-0.15, -0.1) is 0 Å². The van der Waals surface area contributed by atoms with Crippen molar-refractivity contribution in [1.82, 2.24) is 5.32 Å². The molecule has 0 atom stereocenters. The van der Waals surface area contributed by atoms with Crippen LogP contribution in [-0.2, 0) is 18.4 Å². The van der Waals surface area contributed by atoms with Crippen molar-refractivity contribution in [3.05, 3.63) is 257 Å². The SMILES string of the molecule is C(/Cc1ccc(-c2ccccc2)cc1)=C(/NCc1ccccc1)c1cccc(-c2ccc3c(c2)-c2cc4ccccc4cc2C32c3ccccc3Oc3ccccc32)c1. The number of fused-ring (bicyclic) bond motifs is 10. The highest BCUT2D eigenvalue weighted by Gasteiger charge is 2.51. The van der Waals surface area contributed by atoms with Gasteiger partial charge >= 0.3 is 0 Å². The molecular weight excluding hydrogens is 715 g/mol. The lowest BCUT2D eigenvalue weighted by Crippen LogP contribution is -2.32. The van der Waals surface area contributed by atoms with Gasteiger partial charge < -0.3 is 10.1 Å². The quantitative estimate of drug-likeness (QED) is 0.167. The summed E-state index contributed by atoms with van der Waals surface area (Å²) in [5.74, 6) is 1.81. The maximum Gasteiger partial charge on any atom is 0.132 e. The number of nitrogens with one attached hydrogen (secondary N) is 1. The Morgan fingerprint density at radius 1 is 0.424 bits per heavy atom. The molecule has 0 saturated heterocycles. The fraction of sp³-hybridized carbons (Fsp3) is 0.0526. The average molecular weight is 756 g/mol. The van der Waals surface area contributed by atoms with E-state index >= 15 is 0 Å². The number of allylic oxidation sites excluding steroid dienone is 1. The van der Waals surface area contributed by atoms with Crippen LogP contribution >= 0.6 is 0 Å². The molecule has 0 aromatic heterocycles. The minimum Gasteiger partial charge on any atom is -0.457 e. The van der Waals surface area contributed by atoms with E-state index in [1.165, 1.54) is 77.5 Å². The van der Waals surface area contributed by atoms with Crippen molar-refractivity contribution in [2.75, 3.05) is 0 Å². The normalized spacial score (nSPS) is 13.3. The Labute approximate surface area is 345 Å². The third-order valence-corrected chi connectivity index (χ3v) is 12.2. The van der Waals surface area contributed by atoms with Gasteiger partial charge in [0.1, 0.15) is 11.5 Å². The first-order valence-electron chi connectivity index (χ1n) is 20.5. The van der Waals surface area contributed by atoms with Crippen molar-refractivity contribution in [3.8, 4) is 44.9 Å². The Balaban J connectivity index is 1.01. The third-order valence-electron chi connectivity index (χ3n) is 12.2. The molecule has 0 fully saturated rings. The van der Waals surface area contributed by atoms with Gasteiger partial charge in [-0.05, 0) is 115 Å². The number of ether oxygens (including phenoxy) is 1. The van der Waals surface area contributed by atoms with E-state index in [4.69, 9.17) is 4.74 Å². The topological polar surface area (TPSA) is 21.3 Å². The maximum atomic E-state index is 6.62. The van der Waals surface area contributed by atoms with Gasteiger partial charge in [-0.3, -0.25) is 0 Å². The monoisotopic (exact) mass is 755 g/mol. The summed E-state index contributed by atoms with van der Waals surface area (Å²) in [5, 5.41) is 6.30. The molecule has 11 rings (SSSR count). The molecule has 2 nitrogen and oxygen atoms in total. The molecule has 0 unspecified atom stereocenters. The summed E-state index contributed by atoms with van der Waals surface area (Å²) in [6, 6.07) is 77.0. The summed E-state index contributed by atoms with van der Waals surface area (Å²) < 4.78 is 6.62. The van der Waals surface area contributed by atoms with Crippen molar-refractivity contribution in [2.45, 2.75) is 18.4 Å². The van der Waals surface area contributed by atoms with Crippen LogP contribution in [0, 0.1) is 0 Å². The van der Waals surface area contributed by atoms with Crippen molar-refractivity contribution in [2.24, 2.45) is 0 Å². The Morgan fingerprint density at radius 2 is 1.00 bits per heavy atom. The zero-order chi connectivity index (χ0) is 39.2. The van der Waals surface area contributed by atoms with Crippen LogP contribution in [0.4, 0.5) is 0 Å². The van der Waals surface area contributed by atoms with E-state index in [1.54, 1.807) is 0 Å². The molecule has 1 spiro atoms. The van der Waals surface area contributed by atoms with Gasteiger partial charge in [-0.25, -0.2) is 0 Å². The minimum atomic E-state index is -0.517. The van der Waals surface area contributed by atoms with Gasteiger partial charge in [-0.1, -0.05) is 182 Å². The molecule has 0 amide bonds. The highest BCUT2D eigenvalue weighted by Crippen LogP contribution is 2.62. The Morgan fingerprint density at radius 3 is 1.75 bits per heavy atom. The van der Waals surface area contributed by atoms with Crippen LogP contribution in [0.2, 0.25) is 0 Å². The summed E-state index contributed by atoms with van der Waals surface area (Å²) in [6.07, 6.45) is 3.15. The second-order valence-corrected chi connectivity index (χ2v) is 15.7. The first-order valence-corrected chi connectivity index (χ1v) is 20.5. The lowest BCUT2D eigenvalue weighted by Gasteiger charge is -2.39. The van der Waals surface area contributed by atoms with Gasteiger partial charge in [0.05, 0.1) is 5.41 Å². The van der Waals surface area contributed by atoms with Crippen molar-refractivity contribution in [3.63, 3.8) is 0 Å². The van der Waals surface area contributed by atoms with E-state index in [1.807, 2.05) is 0 Å². The fourth-order valence-electron chi connectivity index (χ4n) is 9.40. The standard InChI is InChI=1S/C57H41NO/c1-3-14-40(15-4-1)38-58-54(33-28-39-26-29-42(30-27-39)41-16-5-2-6-17-41)47-21-13-20-43(34-47)46-31-32-50-48(36-46)49-35-44-18-7-8-19-45(44)37-53(49)57(50)51-22-9-11-24-55(51)59-56-25-12-10-23-52(56)57/h1-27,29-37,58H,28,38H2/b54-33-. The van der Waals surface area contributed by atoms with Gasteiger partial charge in [0.15, 0.2) is 0 Å². The molecule has 0 saturated carbocycles. The van der Waals surface area contributed by atoms with E-state index < -0.39 is 5.41 Å². The molecule has 2 aliphatic rings. The molecule has 9 aromatic rings. The van der Waals surface area contributed by atoms with Crippen LogP contribution in [0.3, 0.4) is 0 Å². The zero-order valence-corrected chi connectivity index (χ0v) is 32.6. The Kier molecular flexibility index (Phi) is 8.56. The summed E-state index contributed by atoms with van der Waals surface area (Å²) in [5.41, 5.74) is 16.6. The number of rotatable bonds is 8. The van der Waals surface area contributed by atoms with Crippen LogP contribution in [0.5, 0.6) is 11.5 Å². The predicted octanol–water partition coefficient (Wildman–Crippen LogP) is 14.0. The molecule has 1 heterocycles. The number of benzene rings is 9. The summed E-state index contributed by atoms with van der Waals surface area (Å²) in [4.78, 5) is 0. The molecule has 2 heteroatoms. The maximum absolute atomic E-state index is 6.62. The zero-order valence-electron chi connectivity index (χ0n) is 32.6. The van der Waals surface area contributed by atoms with E-state index in [-0.39, 0.29) is 0 Å². The Bertz CT molecular complexity index is 2990. The van der Waals surface area contributed by atoms with Crippen molar-refractivity contribution < 1.29 is 4.74 Å². The Hall–Kier alpha value is -7.42. The first-order chi connectivity index (χ1) is 29.2. The van der Waals surface area contributed by atoms with E-state index in [9.17, 15) is 0 Å². The van der Waals surface area contributed by atoms with Gasteiger partial charge in [0.25, 0.3) is 0 Å². The molecular formula is C57H41NO. The minimum absolute atomic E-state index is 0.517. The fourth-order valence-corrected chi connectivity index (χ4v) is 9.40. The number of hydrogen-bond donors (Lipinski definition) is 1. The third kappa shape index (κ3) is 6.04. The number of hydrogen-bond acceptors (Lipinski definition) is 2. The van der Waals surface area contributed by atoms with E-state index in [2.05, 4.69) is 224 Å². The number of para-hydroxylation sites is 2. The molecule has 1 N–H and O–H groups in total. The molecule has 1 aliphatic carbocycles. The highest BCUT2D eigenvalue weighted by atomic mass is 16.5. The largest absolute Gasteiger partial charge is 0.457 e. The second kappa shape index (κ2) is 14.5. The molecule has 59 heavy (non-hydrogen) atoms. The molecule has 0 radical (unpaired) electrons. The summed E-state index contributed by atoms with van der Waals surface area (Å²) in [6.45, 7) is 0.738. The van der Waals surface area contributed by atoms with Crippen LogP contribution in [0.25, 0.3) is 49.9 Å². The summed E-state index contributed by atoms with van der Waals surface area (Å²) >= 11 is 0. The first kappa shape index (κ1) is 34.8. The average Bonchev–Trinajstić information content (AvgIpc) is 3.57. The van der Waals surface area contributed by atoms with Crippen molar-refractivity contribution >= 4 is 16.5 Å². The van der Waals surface area contributed by atoms with Crippen LogP contribution < -0.4 is 10.1 Å². The van der Waals surface area contributed by atoms with Gasteiger partial charge in [-0.2, -0.15) is 0 Å². The van der Waals surface area contributed by atoms with Crippen LogP contribution in [0.1, 0.15) is 38.9 Å². The molecule has 1 aliphatic heterocycles. The molecule has 9 aromatic carbocycles. The van der Waals surface area contributed by atoms with Crippen LogP contribution in [0.15, 0.2) is 218 Å². The predicted molar refractivity (Wildman–Crippen MR) is 244 cm³/mol. The van der Waals surface area contributed by atoms with Crippen molar-refractivity contribution in [1.29, 1.82) is 0 Å². The van der Waals surface area contributed by atoms with E-state index in [0.717, 1.165) is 35.7 Å². The summed E-state index contributed by atoms with van der Waals surface area (Å²) in [7, 11) is 0. The van der Waals surface area contributed by atoms with Gasteiger partial charge in [0.2, 0.25) is 0 Å². The lowest BCUT2D eigenvalue weighted by atomic mass is 9.66. The molecule has 280 valence electrons. The van der Waals surface area contributed by atoms with E-state index in [0.29, 0.717) is 0 Å². The van der Waals surface area contributed by atoms with Crippen LogP contribution in [-0.4, -0.2) is 0 Å².